The van der Waals surface area contributed by atoms with Crippen molar-refractivity contribution in [3.63, 3.8) is 0 Å². The van der Waals surface area contributed by atoms with E-state index in [1.54, 1.807) is 6.07 Å². The van der Waals surface area contributed by atoms with Gasteiger partial charge in [0.2, 0.25) is 15.9 Å². The first-order valence-corrected chi connectivity index (χ1v) is 11.6. The van der Waals surface area contributed by atoms with E-state index in [0.29, 0.717) is 12.1 Å². The molecular formula is C22H30N2O3S. The van der Waals surface area contributed by atoms with Crippen molar-refractivity contribution >= 4 is 27.3 Å². The minimum absolute atomic E-state index is 0.0890. The highest BCUT2D eigenvalue weighted by Gasteiger charge is 2.19. The zero-order valence-corrected chi connectivity index (χ0v) is 18.0. The molecule has 0 bridgehead atoms. The van der Waals surface area contributed by atoms with Gasteiger partial charge < -0.3 is 5.32 Å². The number of amides is 1. The van der Waals surface area contributed by atoms with E-state index in [0.717, 1.165) is 35.2 Å². The van der Waals surface area contributed by atoms with Gasteiger partial charge in [0, 0.05) is 18.7 Å². The van der Waals surface area contributed by atoms with Crippen LogP contribution in [-0.4, -0.2) is 27.1 Å². The molecule has 6 heteroatoms. The number of rotatable bonds is 9. The highest BCUT2D eigenvalue weighted by Crippen LogP contribution is 2.24. The Bertz CT molecular complexity index is 901. The molecular weight excluding hydrogens is 372 g/mol. The van der Waals surface area contributed by atoms with E-state index in [1.807, 2.05) is 43.3 Å². The second-order valence-electron chi connectivity index (χ2n) is 6.93. The lowest BCUT2D eigenvalue weighted by molar-refractivity contribution is -0.116. The molecule has 0 atom stereocenters. The molecule has 0 aromatic heterocycles. The van der Waals surface area contributed by atoms with E-state index in [1.165, 1.54) is 10.6 Å². The largest absolute Gasteiger partial charge is 0.326 e. The van der Waals surface area contributed by atoms with Gasteiger partial charge in [-0.25, -0.2) is 8.42 Å². The molecule has 0 heterocycles. The smallest absolute Gasteiger partial charge is 0.232 e. The molecule has 0 fully saturated rings. The Labute approximate surface area is 168 Å². The number of aryl methyl sites for hydroxylation is 3. The molecule has 5 nitrogen and oxygen atoms in total. The van der Waals surface area contributed by atoms with Gasteiger partial charge in [-0.3, -0.25) is 9.10 Å². The highest BCUT2D eigenvalue weighted by atomic mass is 32.2. The molecule has 1 N–H and O–H groups in total. The van der Waals surface area contributed by atoms with Crippen molar-refractivity contribution in [1.29, 1.82) is 0 Å². The number of benzene rings is 2. The van der Waals surface area contributed by atoms with Crippen LogP contribution in [0.25, 0.3) is 0 Å². The number of hydrogen-bond donors (Lipinski definition) is 1. The van der Waals surface area contributed by atoms with Gasteiger partial charge in [-0.1, -0.05) is 50.2 Å². The molecule has 2 aromatic carbocycles. The molecule has 0 aliphatic rings. The van der Waals surface area contributed by atoms with Gasteiger partial charge in [0.1, 0.15) is 0 Å². The number of carbonyl (C=O) groups is 1. The van der Waals surface area contributed by atoms with Crippen LogP contribution in [0.15, 0.2) is 42.5 Å². The Balaban J connectivity index is 2.06. The Hall–Kier alpha value is -2.34. The molecule has 0 saturated carbocycles. The summed E-state index contributed by atoms with van der Waals surface area (Å²) in [6, 6.07) is 13.4. The Morgan fingerprint density at radius 2 is 1.61 bits per heavy atom. The fourth-order valence-corrected chi connectivity index (χ4v) is 4.32. The molecule has 0 aliphatic carbocycles. The van der Waals surface area contributed by atoms with Gasteiger partial charge in [0.05, 0.1) is 11.9 Å². The van der Waals surface area contributed by atoms with Gasteiger partial charge >= 0.3 is 0 Å². The van der Waals surface area contributed by atoms with Gasteiger partial charge in [-0.2, -0.15) is 0 Å². The van der Waals surface area contributed by atoms with Crippen LogP contribution in [0.1, 0.15) is 43.4 Å². The molecule has 0 saturated heterocycles. The van der Waals surface area contributed by atoms with Crippen molar-refractivity contribution in [2.24, 2.45) is 0 Å². The van der Waals surface area contributed by atoms with Gasteiger partial charge in [0.15, 0.2) is 0 Å². The summed E-state index contributed by atoms with van der Waals surface area (Å²) in [5, 5.41) is 3.04. The van der Waals surface area contributed by atoms with E-state index in [9.17, 15) is 13.2 Å². The summed E-state index contributed by atoms with van der Waals surface area (Å²) in [7, 11) is -3.42. The normalized spacial score (nSPS) is 11.3. The summed E-state index contributed by atoms with van der Waals surface area (Å²) in [4.78, 5) is 12.5. The lowest BCUT2D eigenvalue weighted by Gasteiger charge is -2.24. The maximum Gasteiger partial charge on any atom is 0.232 e. The lowest BCUT2D eigenvalue weighted by Crippen LogP contribution is -2.32. The van der Waals surface area contributed by atoms with Crippen LogP contribution in [-0.2, 0) is 27.7 Å². The quantitative estimate of drug-likeness (QED) is 0.680. The van der Waals surface area contributed by atoms with Crippen molar-refractivity contribution in [3.05, 3.63) is 59.2 Å². The molecule has 0 unspecified atom stereocenters. The summed E-state index contributed by atoms with van der Waals surface area (Å²) in [5.74, 6) is -0.0890. The molecule has 0 spiro atoms. The highest BCUT2D eigenvalue weighted by molar-refractivity contribution is 7.92. The van der Waals surface area contributed by atoms with Crippen LogP contribution >= 0.6 is 0 Å². The van der Waals surface area contributed by atoms with E-state index in [-0.39, 0.29) is 18.9 Å². The number of carbonyl (C=O) groups excluding carboxylic acids is 1. The van der Waals surface area contributed by atoms with Crippen LogP contribution in [0.5, 0.6) is 0 Å². The van der Waals surface area contributed by atoms with E-state index in [2.05, 4.69) is 19.2 Å². The minimum Gasteiger partial charge on any atom is -0.326 e. The number of hydrogen-bond acceptors (Lipinski definition) is 3. The second kappa shape index (κ2) is 9.73. The van der Waals surface area contributed by atoms with Crippen LogP contribution in [0.3, 0.4) is 0 Å². The van der Waals surface area contributed by atoms with E-state index >= 15 is 0 Å². The predicted octanol–water partition coefficient (Wildman–Crippen LogP) is 4.30. The van der Waals surface area contributed by atoms with E-state index in [4.69, 9.17) is 0 Å². The van der Waals surface area contributed by atoms with Crippen molar-refractivity contribution in [1.82, 2.24) is 0 Å². The summed E-state index contributed by atoms with van der Waals surface area (Å²) >= 11 is 0. The van der Waals surface area contributed by atoms with Crippen molar-refractivity contribution in [3.8, 4) is 0 Å². The Morgan fingerprint density at radius 3 is 2.14 bits per heavy atom. The maximum absolute atomic E-state index is 12.5. The van der Waals surface area contributed by atoms with Crippen molar-refractivity contribution in [2.75, 3.05) is 22.4 Å². The molecule has 152 valence electrons. The number of nitrogens with one attached hydrogen (secondary N) is 1. The van der Waals surface area contributed by atoms with E-state index < -0.39 is 10.0 Å². The first-order valence-electron chi connectivity index (χ1n) is 9.71. The van der Waals surface area contributed by atoms with Crippen LogP contribution < -0.4 is 9.62 Å². The average Bonchev–Trinajstić information content (AvgIpc) is 2.65. The average molecular weight is 403 g/mol. The third-order valence-electron chi connectivity index (χ3n) is 4.81. The summed E-state index contributed by atoms with van der Waals surface area (Å²) in [6.07, 6.45) is 3.60. The SMILES string of the molecule is CCc1cccc(CC)c1NC(=O)CCCN(c1ccccc1C)S(C)(=O)=O. The van der Waals surface area contributed by atoms with Gasteiger partial charge in [-0.15, -0.1) is 0 Å². The minimum atomic E-state index is -3.42. The molecule has 1 amide bonds. The third-order valence-corrected chi connectivity index (χ3v) is 5.99. The molecule has 2 rings (SSSR count). The zero-order valence-electron chi connectivity index (χ0n) is 17.2. The van der Waals surface area contributed by atoms with Crippen molar-refractivity contribution < 1.29 is 13.2 Å². The summed E-state index contributed by atoms with van der Waals surface area (Å²) < 4.78 is 25.9. The van der Waals surface area contributed by atoms with Crippen LogP contribution in [0, 0.1) is 6.92 Å². The molecule has 28 heavy (non-hydrogen) atoms. The van der Waals surface area contributed by atoms with Gasteiger partial charge in [-0.05, 0) is 48.9 Å². The number of anilines is 2. The Kier molecular flexibility index (Phi) is 7.63. The monoisotopic (exact) mass is 402 g/mol. The standard InChI is InChI=1S/C22H30N2O3S/c1-5-18-12-9-13-19(6-2)22(18)23-21(25)15-10-16-24(28(4,26)27)20-14-8-7-11-17(20)3/h7-9,11-14H,5-6,10,15-16H2,1-4H3,(H,23,25). The summed E-state index contributed by atoms with van der Waals surface area (Å²) in [6.45, 7) is 6.29. The first-order chi connectivity index (χ1) is 13.3. The summed E-state index contributed by atoms with van der Waals surface area (Å²) in [5.41, 5.74) is 4.68. The van der Waals surface area contributed by atoms with Crippen LogP contribution in [0.2, 0.25) is 0 Å². The zero-order chi connectivity index (χ0) is 20.7. The van der Waals surface area contributed by atoms with Crippen molar-refractivity contribution in [2.45, 2.75) is 46.5 Å². The molecule has 0 aliphatic heterocycles. The lowest BCUT2D eigenvalue weighted by atomic mass is 10.0. The maximum atomic E-state index is 12.5. The first kappa shape index (κ1) is 22.0. The van der Waals surface area contributed by atoms with Crippen LogP contribution in [0.4, 0.5) is 11.4 Å². The number of para-hydroxylation sites is 2. The predicted molar refractivity (Wildman–Crippen MR) is 116 cm³/mol. The molecule has 0 radical (unpaired) electrons. The molecule has 2 aromatic rings. The Morgan fingerprint density at radius 1 is 1.00 bits per heavy atom. The fourth-order valence-electron chi connectivity index (χ4n) is 3.30. The fraction of sp³-hybridized carbons (Fsp3) is 0.409. The third kappa shape index (κ3) is 5.58. The second-order valence-corrected chi connectivity index (χ2v) is 8.84. The topological polar surface area (TPSA) is 66.5 Å². The van der Waals surface area contributed by atoms with Gasteiger partial charge in [0.25, 0.3) is 0 Å². The number of sulfonamides is 1. The number of nitrogens with zero attached hydrogens (tertiary/aromatic N) is 1.